The van der Waals surface area contributed by atoms with Gasteiger partial charge in [0.15, 0.2) is 5.82 Å². The van der Waals surface area contributed by atoms with Gasteiger partial charge in [0.05, 0.1) is 11.6 Å². The molecule has 0 N–H and O–H groups in total. The highest BCUT2D eigenvalue weighted by atomic mass is 35.5. The lowest BCUT2D eigenvalue weighted by molar-refractivity contribution is 0.0747. The largest absolute Gasteiger partial charge is 0.462 e. The Bertz CT molecular complexity index is 754. The Morgan fingerprint density at radius 2 is 2.12 bits per heavy atom. The monoisotopic (exact) mass is 367 g/mol. The molecular formula is C17H19Cl2N3O2. The Morgan fingerprint density at radius 1 is 1.38 bits per heavy atom. The van der Waals surface area contributed by atoms with E-state index < -0.39 is 0 Å². The van der Waals surface area contributed by atoms with Gasteiger partial charge in [-0.05, 0) is 37.0 Å². The van der Waals surface area contributed by atoms with E-state index in [1.54, 1.807) is 18.2 Å². The lowest BCUT2D eigenvalue weighted by atomic mass is 9.85. The molecule has 1 aromatic carbocycles. The number of hydrogen-bond donors (Lipinski definition) is 0. The van der Waals surface area contributed by atoms with Gasteiger partial charge >= 0.3 is 6.01 Å². The lowest BCUT2D eigenvalue weighted by Gasteiger charge is -2.23. The molecule has 7 heteroatoms. The van der Waals surface area contributed by atoms with Gasteiger partial charge in [-0.15, -0.1) is 5.10 Å². The maximum atomic E-state index is 12.7. The van der Waals surface area contributed by atoms with Crippen LogP contribution in [-0.4, -0.2) is 27.3 Å². The second-order valence-corrected chi connectivity index (χ2v) is 7.27. The number of hydrogen-bond acceptors (Lipinski definition) is 4. The zero-order valence-corrected chi connectivity index (χ0v) is 15.1. The van der Waals surface area contributed by atoms with Crippen molar-refractivity contribution < 1.29 is 9.53 Å². The fourth-order valence-corrected chi connectivity index (χ4v) is 2.92. The molecule has 5 nitrogen and oxygen atoms in total. The van der Waals surface area contributed by atoms with Crippen molar-refractivity contribution in [1.82, 2.24) is 14.8 Å². The molecule has 1 aliphatic carbocycles. The minimum absolute atomic E-state index is 0.00512. The van der Waals surface area contributed by atoms with Crippen molar-refractivity contribution in [1.29, 1.82) is 0 Å². The van der Waals surface area contributed by atoms with E-state index >= 15 is 0 Å². The van der Waals surface area contributed by atoms with Crippen molar-refractivity contribution >= 4 is 29.1 Å². The van der Waals surface area contributed by atoms with Crippen LogP contribution in [0.25, 0.3) is 11.4 Å². The van der Waals surface area contributed by atoms with Crippen molar-refractivity contribution in [2.75, 3.05) is 6.61 Å². The fraction of sp³-hybridized carbons (Fsp3) is 0.471. The maximum Gasteiger partial charge on any atom is 0.336 e. The van der Waals surface area contributed by atoms with E-state index in [9.17, 15) is 4.79 Å². The highest BCUT2D eigenvalue weighted by molar-refractivity contribution is 6.36. The van der Waals surface area contributed by atoms with Gasteiger partial charge in [-0.1, -0.05) is 43.5 Å². The van der Waals surface area contributed by atoms with Crippen molar-refractivity contribution in [2.24, 2.45) is 11.8 Å². The van der Waals surface area contributed by atoms with E-state index in [0.29, 0.717) is 34.0 Å². The number of rotatable bonds is 5. The Morgan fingerprint density at radius 3 is 2.71 bits per heavy atom. The second kappa shape index (κ2) is 7.11. The number of benzene rings is 1. The predicted octanol–water partition coefficient (Wildman–Crippen LogP) is 4.73. The van der Waals surface area contributed by atoms with Crippen molar-refractivity contribution in [3.63, 3.8) is 0 Å². The van der Waals surface area contributed by atoms with E-state index in [1.165, 1.54) is 4.68 Å². The van der Waals surface area contributed by atoms with Gasteiger partial charge in [0.25, 0.3) is 5.91 Å². The molecule has 1 fully saturated rings. The van der Waals surface area contributed by atoms with E-state index in [0.717, 1.165) is 19.3 Å². The minimum atomic E-state index is -0.0610. The molecule has 0 radical (unpaired) electrons. The van der Waals surface area contributed by atoms with Crippen LogP contribution < -0.4 is 4.74 Å². The van der Waals surface area contributed by atoms with Gasteiger partial charge in [-0.2, -0.15) is 9.67 Å². The van der Waals surface area contributed by atoms with E-state index in [4.69, 9.17) is 27.9 Å². The molecule has 24 heavy (non-hydrogen) atoms. The quantitative estimate of drug-likeness (QED) is 0.766. The molecule has 0 atom stereocenters. The van der Waals surface area contributed by atoms with E-state index in [2.05, 4.69) is 10.1 Å². The average molecular weight is 368 g/mol. The van der Waals surface area contributed by atoms with Crippen LogP contribution in [0.1, 0.15) is 37.9 Å². The van der Waals surface area contributed by atoms with Crippen LogP contribution in [0.5, 0.6) is 6.01 Å². The SMILES string of the molecule is CC(C)COc1nc(-c2ccc(Cl)cc2Cl)n(C(=O)C2CCC2)n1. The van der Waals surface area contributed by atoms with Crippen molar-refractivity contribution in [3.8, 4) is 17.4 Å². The number of carbonyl (C=O) groups is 1. The fourth-order valence-electron chi connectivity index (χ4n) is 2.42. The Balaban J connectivity index is 1.99. The average Bonchev–Trinajstić information content (AvgIpc) is 2.87. The molecule has 1 aromatic heterocycles. The molecule has 2 aromatic rings. The van der Waals surface area contributed by atoms with Crippen LogP contribution in [0.3, 0.4) is 0 Å². The molecule has 1 heterocycles. The third kappa shape index (κ3) is 3.57. The lowest BCUT2D eigenvalue weighted by Crippen LogP contribution is -2.28. The summed E-state index contributed by atoms with van der Waals surface area (Å²) in [6.45, 7) is 4.55. The van der Waals surface area contributed by atoms with Crippen molar-refractivity contribution in [2.45, 2.75) is 33.1 Å². The first-order valence-electron chi connectivity index (χ1n) is 8.05. The number of ether oxygens (including phenoxy) is 1. The van der Waals surface area contributed by atoms with E-state index in [-0.39, 0.29) is 17.8 Å². The Labute approximate surface area is 150 Å². The summed E-state index contributed by atoms with van der Waals surface area (Å²) < 4.78 is 6.92. The minimum Gasteiger partial charge on any atom is -0.462 e. The summed E-state index contributed by atoms with van der Waals surface area (Å²) in [7, 11) is 0. The van der Waals surface area contributed by atoms with Gasteiger partial charge in [-0.25, -0.2) is 0 Å². The van der Waals surface area contributed by atoms with Gasteiger partial charge in [0.2, 0.25) is 0 Å². The molecule has 1 saturated carbocycles. The van der Waals surface area contributed by atoms with Crippen LogP contribution in [0.2, 0.25) is 10.0 Å². The zero-order chi connectivity index (χ0) is 17.3. The molecule has 0 unspecified atom stereocenters. The van der Waals surface area contributed by atoms with Crippen LogP contribution in [0.4, 0.5) is 0 Å². The summed E-state index contributed by atoms with van der Waals surface area (Å²) in [5.74, 6) is 0.665. The van der Waals surface area contributed by atoms with Gasteiger partial charge in [-0.3, -0.25) is 4.79 Å². The molecule has 128 valence electrons. The second-order valence-electron chi connectivity index (χ2n) is 6.42. The van der Waals surface area contributed by atoms with Crippen LogP contribution >= 0.6 is 23.2 Å². The van der Waals surface area contributed by atoms with Crippen molar-refractivity contribution in [3.05, 3.63) is 28.2 Å². The first-order chi connectivity index (χ1) is 11.5. The molecule has 3 rings (SSSR count). The predicted molar refractivity (Wildman–Crippen MR) is 93.8 cm³/mol. The zero-order valence-electron chi connectivity index (χ0n) is 13.6. The summed E-state index contributed by atoms with van der Waals surface area (Å²) in [6, 6.07) is 5.27. The molecule has 0 saturated heterocycles. The maximum absolute atomic E-state index is 12.7. The summed E-state index contributed by atoms with van der Waals surface area (Å²) in [4.78, 5) is 17.1. The molecule has 0 amide bonds. The summed E-state index contributed by atoms with van der Waals surface area (Å²) >= 11 is 12.2. The number of aromatic nitrogens is 3. The number of carbonyl (C=O) groups excluding carboxylic acids is 1. The third-order valence-corrected chi connectivity index (χ3v) is 4.52. The normalized spacial score (nSPS) is 14.7. The first-order valence-corrected chi connectivity index (χ1v) is 8.81. The molecule has 0 spiro atoms. The van der Waals surface area contributed by atoms with E-state index in [1.807, 2.05) is 13.8 Å². The van der Waals surface area contributed by atoms with Crippen LogP contribution in [0.15, 0.2) is 18.2 Å². The van der Waals surface area contributed by atoms with Crippen LogP contribution in [0, 0.1) is 11.8 Å². The first kappa shape index (κ1) is 17.2. The van der Waals surface area contributed by atoms with Gasteiger partial charge in [0.1, 0.15) is 0 Å². The highest BCUT2D eigenvalue weighted by Crippen LogP contribution is 2.33. The molecule has 1 aliphatic rings. The topological polar surface area (TPSA) is 57.0 Å². The van der Waals surface area contributed by atoms with Gasteiger partial charge < -0.3 is 4.74 Å². The number of nitrogens with zero attached hydrogens (tertiary/aromatic N) is 3. The number of halogens is 2. The smallest absolute Gasteiger partial charge is 0.336 e. The molecular weight excluding hydrogens is 349 g/mol. The Kier molecular flexibility index (Phi) is 5.11. The highest BCUT2D eigenvalue weighted by Gasteiger charge is 2.30. The summed E-state index contributed by atoms with van der Waals surface area (Å²) in [6.07, 6.45) is 2.84. The standard InChI is InChI=1S/C17H19Cl2N3O2/c1-10(2)9-24-17-20-15(13-7-6-12(18)8-14(13)19)22(21-17)16(23)11-4-3-5-11/h6-8,10-11H,3-5,9H2,1-2H3. The third-order valence-electron chi connectivity index (χ3n) is 3.97. The molecule has 0 bridgehead atoms. The Hall–Kier alpha value is -1.59. The molecule has 0 aliphatic heterocycles. The van der Waals surface area contributed by atoms with Crippen LogP contribution in [-0.2, 0) is 0 Å². The van der Waals surface area contributed by atoms with Gasteiger partial charge in [0, 0.05) is 16.5 Å². The summed E-state index contributed by atoms with van der Waals surface area (Å²) in [5.41, 5.74) is 0.612. The summed E-state index contributed by atoms with van der Waals surface area (Å²) in [5, 5.41) is 5.22.